The number of para-hydroxylation sites is 1. The van der Waals surface area contributed by atoms with Crippen LogP contribution in [0, 0.1) is 6.92 Å². The molecule has 0 spiro atoms. The number of anilines is 2. The number of carbonyl (C=O) groups is 1. The number of aryl methyl sites for hydroxylation is 1. The van der Waals surface area contributed by atoms with Crippen molar-refractivity contribution in [3.63, 3.8) is 0 Å². The van der Waals surface area contributed by atoms with Crippen LogP contribution in [0.3, 0.4) is 0 Å². The molecule has 2 N–H and O–H groups in total. The molecule has 0 aliphatic heterocycles. The topological polar surface area (TPSA) is 63.3 Å². The van der Waals surface area contributed by atoms with Crippen molar-refractivity contribution in [3.05, 3.63) is 76.8 Å². The molecule has 0 aliphatic carbocycles. The second-order valence-corrected chi connectivity index (χ2v) is 6.72. The van der Waals surface area contributed by atoms with Crippen molar-refractivity contribution in [3.8, 4) is 0 Å². The number of carbonyl (C=O) groups excluding carboxylic acids is 1. The molecule has 3 rings (SSSR count). The van der Waals surface area contributed by atoms with E-state index >= 15 is 0 Å². The molecule has 134 valence electrons. The highest BCUT2D eigenvalue weighted by Crippen LogP contribution is 2.23. The molecule has 1 aromatic heterocycles. The Morgan fingerprint density at radius 2 is 1.77 bits per heavy atom. The van der Waals surface area contributed by atoms with Crippen LogP contribution in [0.4, 0.5) is 10.8 Å². The van der Waals surface area contributed by atoms with Gasteiger partial charge in [0, 0.05) is 12.2 Å². The summed E-state index contributed by atoms with van der Waals surface area (Å²) < 4.78 is 5.64. The van der Waals surface area contributed by atoms with Crippen LogP contribution in [-0.4, -0.2) is 24.0 Å². The molecule has 0 radical (unpaired) electrons. The molecule has 0 saturated carbocycles. The van der Waals surface area contributed by atoms with Gasteiger partial charge in [-0.15, -0.1) is 0 Å². The second-order valence-electron chi connectivity index (χ2n) is 5.72. The van der Waals surface area contributed by atoms with Crippen molar-refractivity contribution < 1.29 is 9.53 Å². The SMILES string of the molecule is Cc1nc(NCCOCc2ccccc2)sc1C(=O)Nc1ccccc1. The standard InChI is InChI=1S/C20H21N3O2S/c1-15-18(19(24)23-17-10-6-3-7-11-17)26-20(22-15)21-12-13-25-14-16-8-4-2-5-9-16/h2-11H,12-14H2,1H3,(H,21,22)(H,23,24). The predicted molar refractivity (Wildman–Crippen MR) is 106 cm³/mol. The molecule has 0 atom stereocenters. The van der Waals surface area contributed by atoms with Gasteiger partial charge in [-0.2, -0.15) is 0 Å². The summed E-state index contributed by atoms with van der Waals surface area (Å²) >= 11 is 1.35. The van der Waals surface area contributed by atoms with Crippen LogP contribution in [0.25, 0.3) is 0 Å². The fourth-order valence-electron chi connectivity index (χ4n) is 2.39. The molecule has 1 amide bonds. The first-order chi connectivity index (χ1) is 12.7. The summed E-state index contributed by atoms with van der Waals surface area (Å²) in [4.78, 5) is 17.4. The lowest BCUT2D eigenvalue weighted by atomic mass is 10.2. The summed E-state index contributed by atoms with van der Waals surface area (Å²) in [6.45, 7) is 3.64. The Kier molecular flexibility index (Phi) is 6.35. The van der Waals surface area contributed by atoms with Crippen LogP contribution in [-0.2, 0) is 11.3 Å². The lowest BCUT2D eigenvalue weighted by Gasteiger charge is -2.05. The Morgan fingerprint density at radius 1 is 1.08 bits per heavy atom. The maximum Gasteiger partial charge on any atom is 0.267 e. The van der Waals surface area contributed by atoms with Gasteiger partial charge < -0.3 is 15.4 Å². The number of thiazole rings is 1. The molecule has 0 saturated heterocycles. The number of hydrogen-bond donors (Lipinski definition) is 2. The number of amides is 1. The molecular formula is C20H21N3O2S. The molecule has 1 heterocycles. The summed E-state index contributed by atoms with van der Waals surface area (Å²) in [5.74, 6) is -0.139. The van der Waals surface area contributed by atoms with Crippen LogP contribution in [0.15, 0.2) is 60.7 Å². The Labute approximate surface area is 157 Å². The molecule has 0 unspecified atom stereocenters. The lowest BCUT2D eigenvalue weighted by Crippen LogP contribution is -2.11. The van der Waals surface area contributed by atoms with Gasteiger partial charge in [-0.1, -0.05) is 59.9 Å². The molecule has 0 fully saturated rings. The van der Waals surface area contributed by atoms with Gasteiger partial charge in [0.15, 0.2) is 5.13 Å². The number of ether oxygens (including phenoxy) is 1. The summed E-state index contributed by atoms with van der Waals surface area (Å²) in [5.41, 5.74) is 2.64. The van der Waals surface area contributed by atoms with Crippen molar-refractivity contribution in [2.75, 3.05) is 23.8 Å². The zero-order chi connectivity index (χ0) is 18.2. The Balaban J connectivity index is 1.46. The minimum Gasteiger partial charge on any atom is -0.375 e. The minimum atomic E-state index is -0.139. The molecule has 2 aromatic carbocycles. The maximum atomic E-state index is 12.4. The van der Waals surface area contributed by atoms with E-state index in [0.717, 1.165) is 22.1 Å². The second kappa shape index (κ2) is 9.12. The number of nitrogens with zero attached hydrogens (tertiary/aromatic N) is 1. The van der Waals surface area contributed by atoms with Crippen LogP contribution >= 0.6 is 11.3 Å². The monoisotopic (exact) mass is 367 g/mol. The molecule has 0 bridgehead atoms. The largest absolute Gasteiger partial charge is 0.375 e. The Bertz CT molecular complexity index is 835. The van der Waals surface area contributed by atoms with Crippen molar-refractivity contribution >= 4 is 28.1 Å². The van der Waals surface area contributed by atoms with E-state index in [1.807, 2.05) is 67.6 Å². The van der Waals surface area contributed by atoms with Gasteiger partial charge in [-0.3, -0.25) is 4.79 Å². The summed E-state index contributed by atoms with van der Waals surface area (Å²) in [6.07, 6.45) is 0. The van der Waals surface area contributed by atoms with Crippen molar-refractivity contribution in [2.45, 2.75) is 13.5 Å². The number of nitrogens with one attached hydrogen (secondary N) is 2. The zero-order valence-electron chi connectivity index (χ0n) is 14.6. The molecule has 5 nitrogen and oxygen atoms in total. The maximum absolute atomic E-state index is 12.4. The quantitative estimate of drug-likeness (QED) is 0.582. The summed E-state index contributed by atoms with van der Waals surface area (Å²) in [7, 11) is 0. The van der Waals surface area contributed by atoms with E-state index in [0.29, 0.717) is 24.6 Å². The van der Waals surface area contributed by atoms with Crippen molar-refractivity contribution in [1.82, 2.24) is 4.98 Å². The van der Waals surface area contributed by atoms with Gasteiger partial charge in [0.1, 0.15) is 4.88 Å². The summed E-state index contributed by atoms with van der Waals surface area (Å²) in [5, 5.41) is 6.83. The number of aromatic nitrogens is 1. The first-order valence-electron chi connectivity index (χ1n) is 8.42. The lowest BCUT2D eigenvalue weighted by molar-refractivity contribution is 0.103. The van der Waals surface area contributed by atoms with Gasteiger partial charge in [-0.25, -0.2) is 4.98 Å². The third-order valence-corrected chi connectivity index (χ3v) is 4.78. The van der Waals surface area contributed by atoms with Gasteiger partial charge >= 0.3 is 0 Å². The van der Waals surface area contributed by atoms with Crippen molar-refractivity contribution in [1.29, 1.82) is 0 Å². The number of hydrogen-bond acceptors (Lipinski definition) is 5. The van der Waals surface area contributed by atoms with Gasteiger partial charge in [0.2, 0.25) is 0 Å². The minimum absolute atomic E-state index is 0.139. The summed E-state index contributed by atoms with van der Waals surface area (Å²) in [6, 6.07) is 19.5. The number of benzene rings is 2. The third kappa shape index (κ3) is 5.15. The van der Waals surface area contributed by atoms with Crippen LogP contribution < -0.4 is 10.6 Å². The van der Waals surface area contributed by atoms with E-state index in [9.17, 15) is 4.79 Å². The molecule has 0 aliphatic rings. The van der Waals surface area contributed by atoms with Crippen LogP contribution in [0.5, 0.6) is 0 Å². The third-order valence-electron chi connectivity index (χ3n) is 3.67. The highest BCUT2D eigenvalue weighted by molar-refractivity contribution is 7.17. The average Bonchev–Trinajstić information content (AvgIpc) is 3.04. The Hall–Kier alpha value is -2.70. The zero-order valence-corrected chi connectivity index (χ0v) is 15.4. The highest BCUT2D eigenvalue weighted by atomic mass is 32.1. The van der Waals surface area contributed by atoms with E-state index in [-0.39, 0.29) is 5.91 Å². The van der Waals surface area contributed by atoms with E-state index in [4.69, 9.17) is 4.74 Å². The average molecular weight is 367 g/mol. The number of rotatable bonds is 8. The molecular weight excluding hydrogens is 346 g/mol. The van der Waals surface area contributed by atoms with Crippen LogP contribution in [0.1, 0.15) is 20.9 Å². The van der Waals surface area contributed by atoms with Gasteiger partial charge in [0.05, 0.1) is 18.9 Å². The van der Waals surface area contributed by atoms with E-state index in [1.54, 1.807) is 0 Å². The predicted octanol–water partition coefficient (Wildman–Crippen LogP) is 4.33. The first-order valence-corrected chi connectivity index (χ1v) is 9.23. The fraction of sp³-hybridized carbons (Fsp3) is 0.200. The normalized spacial score (nSPS) is 10.5. The first kappa shape index (κ1) is 18.1. The fourth-order valence-corrected chi connectivity index (χ4v) is 3.27. The van der Waals surface area contributed by atoms with Gasteiger partial charge in [-0.05, 0) is 24.6 Å². The smallest absolute Gasteiger partial charge is 0.267 e. The Morgan fingerprint density at radius 3 is 2.50 bits per heavy atom. The molecule has 26 heavy (non-hydrogen) atoms. The van der Waals surface area contributed by atoms with Gasteiger partial charge in [0.25, 0.3) is 5.91 Å². The van der Waals surface area contributed by atoms with E-state index < -0.39 is 0 Å². The van der Waals surface area contributed by atoms with E-state index in [2.05, 4.69) is 15.6 Å². The van der Waals surface area contributed by atoms with Crippen LogP contribution in [0.2, 0.25) is 0 Å². The van der Waals surface area contributed by atoms with Crippen molar-refractivity contribution in [2.24, 2.45) is 0 Å². The van der Waals surface area contributed by atoms with E-state index in [1.165, 1.54) is 11.3 Å². The molecule has 3 aromatic rings. The highest BCUT2D eigenvalue weighted by Gasteiger charge is 2.15. The molecule has 6 heteroatoms.